The smallest absolute Gasteiger partial charge is 0.166 e. The first-order chi connectivity index (χ1) is 14.1. The van der Waals surface area contributed by atoms with Crippen LogP contribution in [0, 0.1) is 11.2 Å². The zero-order valence-corrected chi connectivity index (χ0v) is 16.6. The van der Waals surface area contributed by atoms with Crippen molar-refractivity contribution in [1.82, 2.24) is 0 Å². The fourth-order valence-corrected chi connectivity index (χ4v) is 3.06. The van der Waals surface area contributed by atoms with Gasteiger partial charge < -0.3 is 20.8 Å². The fourth-order valence-electron chi connectivity index (χ4n) is 2.88. The lowest BCUT2D eigenvalue weighted by atomic mass is 10.1. The molecule has 5 nitrogen and oxygen atoms in total. The normalized spacial score (nSPS) is 17.3. The van der Waals surface area contributed by atoms with Crippen LogP contribution in [0.2, 0.25) is 0 Å². The summed E-state index contributed by atoms with van der Waals surface area (Å²) in [6.07, 6.45) is 3.48. The van der Waals surface area contributed by atoms with Gasteiger partial charge in [-0.3, -0.25) is 0 Å². The maximum atomic E-state index is 14.3. The largest absolute Gasteiger partial charge is 0.494 e. The lowest BCUT2D eigenvalue weighted by Gasteiger charge is -2.13. The lowest BCUT2D eigenvalue weighted by Crippen LogP contribution is -2.07. The number of benzene rings is 2. The monoisotopic (exact) mass is 416 g/mol. The number of halogens is 2. The van der Waals surface area contributed by atoms with Gasteiger partial charge in [-0.2, -0.15) is 12.6 Å². The van der Waals surface area contributed by atoms with Gasteiger partial charge in [0.15, 0.2) is 5.83 Å². The topological polar surface area (TPSA) is 69.5 Å². The van der Waals surface area contributed by atoms with Crippen molar-refractivity contribution in [2.24, 2.45) is 4.99 Å². The summed E-state index contributed by atoms with van der Waals surface area (Å²) in [5, 5.41) is 13.3. The number of fused-ring (bicyclic) bond motifs is 4. The molecule has 3 rings (SSSR count). The summed E-state index contributed by atoms with van der Waals surface area (Å²) in [5.74, 6) is -0.0176. The zero-order valence-electron chi connectivity index (χ0n) is 15.7. The maximum Gasteiger partial charge on any atom is 0.166 e. The molecule has 2 aromatic rings. The van der Waals surface area contributed by atoms with Crippen molar-refractivity contribution in [2.45, 2.75) is 18.6 Å². The number of allylic oxidation sites excluding steroid dienone is 1. The van der Waals surface area contributed by atoms with Crippen molar-refractivity contribution in [3.8, 4) is 5.75 Å². The lowest BCUT2D eigenvalue weighted by molar-refractivity contribution is 0.308. The fraction of sp³-hybridized carbons (Fsp3) is 0.238. The summed E-state index contributed by atoms with van der Waals surface area (Å²) in [7, 11) is 0. The minimum atomic E-state index is -0.824. The van der Waals surface area contributed by atoms with Gasteiger partial charge in [-0.25, -0.2) is 13.8 Å². The Balaban J connectivity index is 1.99. The molecule has 8 heteroatoms. The molecule has 0 saturated carbocycles. The average molecular weight is 416 g/mol. The van der Waals surface area contributed by atoms with Crippen molar-refractivity contribution in [3.05, 3.63) is 59.2 Å². The van der Waals surface area contributed by atoms with E-state index in [-0.39, 0.29) is 11.4 Å². The molecule has 0 fully saturated rings. The Morgan fingerprint density at radius 3 is 2.90 bits per heavy atom. The Labute approximate surface area is 173 Å². The Bertz CT molecular complexity index is 946. The number of aliphatic imine (C=N–C) groups is 1. The van der Waals surface area contributed by atoms with Crippen molar-refractivity contribution in [1.29, 1.82) is 5.41 Å². The second kappa shape index (κ2) is 10.1. The molecule has 1 aliphatic heterocycles. The second-order valence-corrected chi connectivity index (χ2v) is 6.76. The molecule has 1 aliphatic rings. The van der Waals surface area contributed by atoms with E-state index in [0.29, 0.717) is 36.4 Å². The van der Waals surface area contributed by atoms with Gasteiger partial charge in [0.1, 0.15) is 17.3 Å². The number of anilines is 2. The summed E-state index contributed by atoms with van der Waals surface area (Å²) in [6, 6.07) is 9.82. The van der Waals surface area contributed by atoms with Gasteiger partial charge >= 0.3 is 0 Å². The van der Waals surface area contributed by atoms with Gasteiger partial charge in [-0.05, 0) is 48.7 Å². The van der Waals surface area contributed by atoms with E-state index in [0.717, 1.165) is 24.1 Å². The third-order valence-corrected chi connectivity index (χ3v) is 4.69. The summed E-state index contributed by atoms with van der Waals surface area (Å²) >= 11 is 4.32. The SMILES string of the molecule is N=C/C(F)=C1\N=C\Nc2cc(CS)cc(c2)OCCCCNc2cc1ccc2F. The summed E-state index contributed by atoms with van der Waals surface area (Å²) in [5.41, 5.74) is 2.25. The highest BCUT2D eigenvalue weighted by molar-refractivity contribution is 7.79. The number of ether oxygens (including phenoxy) is 1. The second-order valence-electron chi connectivity index (χ2n) is 6.44. The predicted molar refractivity (Wildman–Crippen MR) is 118 cm³/mol. The molecule has 0 spiro atoms. The Morgan fingerprint density at radius 2 is 2.10 bits per heavy atom. The molecule has 0 unspecified atom stereocenters. The molecule has 4 bridgehead atoms. The van der Waals surface area contributed by atoms with E-state index < -0.39 is 11.6 Å². The van der Waals surface area contributed by atoms with Crippen LogP contribution in [-0.2, 0) is 5.75 Å². The van der Waals surface area contributed by atoms with Crippen LogP contribution in [0.1, 0.15) is 24.0 Å². The average Bonchev–Trinajstić information content (AvgIpc) is 2.73. The van der Waals surface area contributed by atoms with Gasteiger partial charge in [0.25, 0.3) is 0 Å². The molecule has 3 N–H and O–H groups in total. The Kier molecular flexibility index (Phi) is 7.24. The van der Waals surface area contributed by atoms with Crippen molar-refractivity contribution < 1.29 is 13.5 Å². The number of nitrogens with zero attached hydrogens (tertiary/aromatic N) is 1. The van der Waals surface area contributed by atoms with Gasteiger partial charge in [0.2, 0.25) is 0 Å². The van der Waals surface area contributed by atoms with Crippen LogP contribution in [0.15, 0.2) is 47.2 Å². The highest BCUT2D eigenvalue weighted by Crippen LogP contribution is 2.26. The first kappa shape index (κ1) is 20.9. The van der Waals surface area contributed by atoms with Crippen LogP contribution in [0.5, 0.6) is 5.75 Å². The zero-order chi connectivity index (χ0) is 20.6. The molecule has 29 heavy (non-hydrogen) atoms. The number of nitrogens with one attached hydrogen (secondary N) is 3. The molecule has 0 atom stereocenters. The number of hydrogen-bond acceptors (Lipinski definition) is 6. The van der Waals surface area contributed by atoms with Gasteiger partial charge in [0, 0.05) is 29.6 Å². The van der Waals surface area contributed by atoms with E-state index in [9.17, 15) is 8.78 Å². The summed E-state index contributed by atoms with van der Waals surface area (Å²) in [4.78, 5) is 4.14. The summed E-state index contributed by atoms with van der Waals surface area (Å²) < 4.78 is 34.2. The van der Waals surface area contributed by atoms with Crippen LogP contribution in [0.25, 0.3) is 5.70 Å². The van der Waals surface area contributed by atoms with Gasteiger partial charge in [0.05, 0.1) is 24.8 Å². The highest BCUT2D eigenvalue weighted by Gasteiger charge is 2.11. The maximum absolute atomic E-state index is 14.3. The van der Waals surface area contributed by atoms with Gasteiger partial charge in [-0.1, -0.05) is 0 Å². The molecule has 2 aromatic carbocycles. The third kappa shape index (κ3) is 5.57. The molecule has 0 saturated heterocycles. The number of thiol groups is 1. The van der Waals surface area contributed by atoms with Crippen molar-refractivity contribution in [3.63, 3.8) is 0 Å². The molecular formula is C21H22F2N4OS. The quantitative estimate of drug-likeness (QED) is 0.398. The Morgan fingerprint density at radius 1 is 1.24 bits per heavy atom. The van der Waals surface area contributed by atoms with Crippen molar-refractivity contribution in [2.75, 3.05) is 23.8 Å². The van der Waals surface area contributed by atoms with E-state index in [1.165, 1.54) is 24.5 Å². The molecule has 1 heterocycles. The minimum absolute atomic E-state index is 0.0653. The first-order valence-corrected chi connectivity index (χ1v) is 9.84. The minimum Gasteiger partial charge on any atom is -0.494 e. The standard InChI is InChI=1S/C21H22F2N4OS/c22-18-4-3-15-9-20(18)25-5-1-2-6-28-17-8-14(12-29)7-16(10-17)26-13-27-21(15)19(23)11-24/h3-4,7-11,13,24-25,29H,1-2,5-6,12H2,(H,26,27)/b21-19+,24-11?. The van der Waals surface area contributed by atoms with E-state index in [2.05, 4.69) is 28.3 Å². The van der Waals surface area contributed by atoms with E-state index in [4.69, 9.17) is 10.1 Å². The third-order valence-electron chi connectivity index (χ3n) is 4.32. The van der Waals surface area contributed by atoms with E-state index in [1.54, 1.807) is 0 Å². The van der Waals surface area contributed by atoms with Crippen LogP contribution in [-0.4, -0.2) is 25.7 Å². The molecule has 0 aliphatic carbocycles. The van der Waals surface area contributed by atoms with E-state index in [1.807, 2.05) is 18.2 Å². The molecule has 0 aromatic heterocycles. The number of rotatable bonds is 2. The molecule has 0 radical (unpaired) electrons. The molecule has 152 valence electrons. The van der Waals surface area contributed by atoms with Gasteiger partial charge in [-0.15, -0.1) is 0 Å². The molecular weight excluding hydrogens is 394 g/mol. The van der Waals surface area contributed by atoms with Crippen LogP contribution in [0.4, 0.5) is 20.2 Å². The van der Waals surface area contributed by atoms with Crippen LogP contribution < -0.4 is 15.4 Å². The van der Waals surface area contributed by atoms with Crippen molar-refractivity contribution >= 4 is 42.3 Å². The van der Waals surface area contributed by atoms with Crippen LogP contribution >= 0.6 is 12.6 Å². The van der Waals surface area contributed by atoms with Crippen LogP contribution in [0.3, 0.4) is 0 Å². The Hall–Kier alpha value is -2.87. The summed E-state index contributed by atoms with van der Waals surface area (Å²) in [6.45, 7) is 1.08. The predicted octanol–water partition coefficient (Wildman–Crippen LogP) is 5.27. The number of hydrogen-bond donors (Lipinski definition) is 4. The molecule has 0 amide bonds. The first-order valence-electron chi connectivity index (χ1n) is 9.21. The highest BCUT2D eigenvalue weighted by atomic mass is 32.1. The van der Waals surface area contributed by atoms with E-state index >= 15 is 0 Å².